The molecule has 136 valence electrons. The molecule has 1 aliphatic carbocycles. The fourth-order valence-corrected chi connectivity index (χ4v) is 3.61. The highest BCUT2D eigenvalue weighted by molar-refractivity contribution is 9.10. The molecular weight excluding hydrogens is 400 g/mol. The Bertz CT molecular complexity index is 975. The number of hydrogen-bond acceptors (Lipinski definition) is 3. The lowest BCUT2D eigenvalue weighted by molar-refractivity contribution is 0.253. The molecule has 4 rings (SSSR count). The Morgan fingerprint density at radius 2 is 1.70 bits per heavy atom. The largest absolute Gasteiger partial charge is 0.354 e. The third-order valence-electron chi connectivity index (χ3n) is 5.11. The Balaban J connectivity index is 1.86. The van der Waals surface area contributed by atoms with Crippen molar-refractivity contribution in [2.75, 3.05) is 0 Å². The minimum atomic E-state index is -0.158. The highest BCUT2D eigenvalue weighted by Crippen LogP contribution is 2.39. The molecule has 0 bridgehead atoms. The van der Waals surface area contributed by atoms with Crippen LogP contribution in [0.2, 0.25) is 0 Å². The number of aromatic amines is 1. The molecule has 5 heteroatoms. The monoisotopic (exact) mass is 420 g/mol. The predicted molar refractivity (Wildman–Crippen MR) is 112 cm³/mol. The van der Waals surface area contributed by atoms with Gasteiger partial charge in [0.05, 0.1) is 11.9 Å². The van der Waals surface area contributed by atoms with E-state index in [1.54, 1.807) is 12.5 Å². The minimum Gasteiger partial charge on any atom is -0.354 e. The fourth-order valence-electron chi connectivity index (χ4n) is 3.38. The van der Waals surface area contributed by atoms with E-state index in [9.17, 15) is 0 Å². The molecule has 0 radical (unpaired) electrons. The maximum absolute atomic E-state index is 6.47. The lowest BCUT2D eigenvalue weighted by Gasteiger charge is -2.38. The summed E-state index contributed by atoms with van der Waals surface area (Å²) in [7, 11) is 0. The first-order valence-corrected chi connectivity index (χ1v) is 9.82. The van der Waals surface area contributed by atoms with Gasteiger partial charge in [-0.25, -0.2) is 9.97 Å². The topological polar surface area (TPSA) is 67.6 Å². The average molecular weight is 421 g/mol. The van der Waals surface area contributed by atoms with Crippen molar-refractivity contribution < 1.29 is 0 Å². The zero-order valence-corrected chi connectivity index (χ0v) is 16.5. The Morgan fingerprint density at radius 1 is 0.963 bits per heavy atom. The first-order chi connectivity index (χ1) is 13.2. The molecule has 4 nitrogen and oxygen atoms in total. The summed E-state index contributed by atoms with van der Waals surface area (Å²) in [5.41, 5.74) is 11.5. The molecular formula is C22H21BrN4. The van der Waals surface area contributed by atoms with E-state index in [1.165, 1.54) is 12.0 Å². The van der Waals surface area contributed by atoms with E-state index in [1.807, 2.05) is 24.4 Å². The second kappa shape index (κ2) is 7.62. The van der Waals surface area contributed by atoms with Crippen molar-refractivity contribution in [1.82, 2.24) is 15.0 Å². The van der Waals surface area contributed by atoms with Crippen LogP contribution in [0.15, 0.2) is 77.9 Å². The molecule has 0 unspecified atom stereocenters. The average Bonchev–Trinajstić information content (AvgIpc) is 2.77. The number of H-pyrrole nitrogens is 1. The number of rotatable bonds is 3. The summed E-state index contributed by atoms with van der Waals surface area (Å²) in [6.45, 7) is 0. The van der Waals surface area contributed by atoms with E-state index in [2.05, 4.69) is 67.3 Å². The molecule has 0 amide bonds. The van der Waals surface area contributed by atoms with Crippen LogP contribution in [0.1, 0.15) is 24.8 Å². The van der Waals surface area contributed by atoms with Crippen molar-refractivity contribution in [2.45, 2.75) is 24.8 Å². The molecule has 0 spiro atoms. The van der Waals surface area contributed by atoms with Crippen LogP contribution in [-0.2, 0) is 5.54 Å². The molecule has 2 aromatic carbocycles. The van der Waals surface area contributed by atoms with Gasteiger partial charge < -0.3 is 10.7 Å². The van der Waals surface area contributed by atoms with Crippen molar-refractivity contribution in [3.8, 4) is 22.4 Å². The van der Waals surface area contributed by atoms with Crippen LogP contribution in [0.3, 0.4) is 0 Å². The smallest absolute Gasteiger partial charge is 0.116 e. The molecule has 3 aromatic rings. The van der Waals surface area contributed by atoms with Gasteiger partial charge in [-0.3, -0.25) is 0 Å². The zero-order chi connectivity index (χ0) is 18.7. The van der Waals surface area contributed by atoms with Gasteiger partial charge in [0, 0.05) is 22.9 Å². The SMILES string of the molecule is NC1(c2ccc(-c3ncncc(Br)[nH]cc3-c3ccccc3)cc2)CCC1. The van der Waals surface area contributed by atoms with E-state index >= 15 is 0 Å². The molecule has 1 heterocycles. The quantitative estimate of drug-likeness (QED) is 0.598. The van der Waals surface area contributed by atoms with Crippen LogP contribution in [0.25, 0.3) is 22.4 Å². The highest BCUT2D eigenvalue weighted by atomic mass is 79.9. The summed E-state index contributed by atoms with van der Waals surface area (Å²) in [5.74, 6) is 0. The summed E-state index contributed by atoms with van der Waals surface area (Å²) >= 11 is 3.46. The van der Waals surface area contributed by atoms with Gasteiger partial charge in [-0.05, 0) is 46.3 Å². The molecule has 0 atom stereocenters. The van der Waals surface area contributed by atoms with Crippen LogP contribution in [0.5, 0.6) is 0 Å². The Morgan fingerprint density at radius 3 is 2.37 bits per heavy atom. The van der Waals surface area contributed by atoms with Gasteiger partial charge >= 0.3 is 0 Å². The molecule has 1 saturated carbocycles. The molecule has 27 heavy (non-hydrogen) atoms. The van der Waals surface area contributed by atoms with E-state index in [0.29, 0.717) is 0 Å². The normalized spacial score (nSPS) is 14.9. The van der Waals surface area contributed by atoms with E-state index in [4.69, 9.17) is 5.73 Å². The third kappa shape index (κ3) is 3.80. The number of nitrogens with two attached hydrogens (primary N) is 1. The molecule has 3 N–H and O–H groups in total. The first kappa shape index (κ1) is 17.9. The maximum atomic E-state index is 6.47. The minimum absolute atomic E-state index is 0.158. The Labute approximate surface area is 167 Å². The van der Waals surface area contributed by atoms with Gasteiger partial charge in [0.25, 0.3) is 0 Å². The van der Waals surface area contributed by atoms with Crippen molar-refractivity contribution in [2.24, 2.45) is 5.73 Å². The molecule has 1 aromatic heterocycles. The van der Waals surface area contributed by atoms with Crippen LogP contribution in [0.4, 0.5) is 0 Å². The molecule has 1 fully saturated rings. The first-order valence-electron chi connectivity index (χ1n) is 9.03. The van der Waals surface area contributed by atoms with Crippen LogP contribution in [-0.4, -0.2) is 15.0 Å². The Kier molecular flexibility index (Phi) is 5.05. The number of nitrogens with one attached hydrogen (secondary N) is 1. The van der Waals surface area contributed by atoms with Crippen LogP contribution >= 0.6 is 15.9 Å². The molecule has 0 saturated heterocycles. The van der Waals surface area contributed by atoms with Crippen molar-refractivity contribution in [3.05, 3.63) is 83.5 Å². The van der Waals surface area contributed by atoms with Crippen LogP contribution < -0.4 is 5.73 Å². The number of aromatic nitrogens is 3. The van der Waals surface area contributed by atoms with Crippen molar-refractivity contribution >= 4 is 15.9 Å². The number of hydrogen-bond donors (Lipinski definition) is 2. The zero-order valence-electron chi connectivity index (χ0n) is 14.9. The van der Waals surface area contributed by atoms with Crippen LogP contribution in [0, 0.1) is 0 Å². The van der Waals surface area contributed by atoms with Gasteiger partial charge in [0.1, 0.15) is 10.9 Å². The van der Waals surface area contributed by atoms with E-state index in [-0.39, 0.29) is 5.54 Å². The molecule has 0 aliphatic heterocycles. The highest BCUT2D eigenvalue weighted by Gasteiger charge is 2.34. The predicted octanol–water partition coefficient (Wildman–Crippen LogP) is 5.36. The standard InChI is InChI=1S/C22H21BrN4/c23-20-14-25-15-27-21(19(13-26-20)16-5-2-1-3-6-16)17-7-9-18(10-8-17)22(24)11-4-12-22/h1-3,5-10,13-15,26H,4,11-12,24H2. The lowest BCUT2D eigenvalue weighted by Crippen LogP contribution is -2.43. The Hall–Kier alpha value is -2.50. The number of halogens is 1. The van der Waals surface area contributed by atoms with Gasteiger partial charge in [-0.15, -0.1) is 0 Å². The third-order valence-corrected chi connectivity index (χ3v) is 5.55. The summed E-state index contributed by atoms with van der Waals surface area (Å²) < 4.78 is 0.772. The number of nitrogens with zero attached hydrogens (tertiary/aromatic N) is 2. The second-order valence-corrected chi connectivity index (χ2v) is 7.73. The van der Waals surface area contributed by atoms with E-state index < -0.39 is 0 Å². The summed E-state index contributed by atoms with van der Waals surface area (Å²) in [5, 5.41) is 0. The maximum Gasteiger partial charge on any atom is 0.116 e. The van der Waals surface area contributed by atoms with Gasteiger partial charge in [-0.2, -0.15) is 0 Å². The van der Waals surface area contributed by atoms with Gasteiger partial charge in [-0.1, -0.05) is 54.6 Å². The lowest BCUT2D eigenvalue weighted by atomic mass is 9.72. The van der Waals surface area contributed by atoms with Crippen molar-refractivity contribution in [1.29, 1.82) is 0 Å². The molecule has 1 aliphatic rings. The van der Waals surface area contributed by atoms with Crippen molar-refractivity contribution in [3.63, 3.8) is 0 Å². The summed E-state index contributed by atoms with van der Waals surface area (Å²) in [6.07, 6.45) is 8.52. The summed E-state index contributed by atoms with van der Waals surface area (Å²) in [4.78, 5) is 12.1. The summed E-state index contributed by atoms with van der Waals surface area (Å²) in [6, 6.07) is 18.7. The fraction of sp³-hybridized carbons (Fsp3) is 0.182. The number of benzene rings is 2. The van der Waals surface area contributed by atoms with E-state index in [0.717, 1.165) is 39.8 Å². The van der Waals surface area contributed by atoms with Gasteiger partial charge in [0.2, 0.25) is 0 Å². The van der Waals surface area contributed by atoms with Gasteiger partial charge in [0.15, 0.2) is 0 Å². The second-order valence-electron chi connectivity index (χ2n) is 6.87.